The number of rotatable bonds is 12. The van der Waals surface area contributed by atoms with Gasteiger partial charge in [-0.1, -0.05) is 74.4 Å². The molecule has 2 aromatic carbocycles. The summed E-state index contributed by atoms with van der Waals surface area (Å²) in [5.74, 6) is 3.45. The van der Waals surface area contributed by atoms with Crippen LogP contribution in [0.3, 0.4) is 0 Å². The van der Waals surface area contributed by atoms with Gasteiger partial charge in [-0.15, -0.1) is 5.54 Å². The molecule has 0 saturated heterocycles. The number of fused-ring (bicyclic) bond motifs is 1. The molecule has 1 aliphatic heterocycles. The van der Waals surface area contributed by atoms with E-state index < -0.39 is 8.07 Å². The van der Waals surface area contributed by atoms with Gasteiger partial charge in [-0.05, 0) is 56.5 Å². The van der Waals surface area contributed by atoms with E-state index in [1.807, 2.05) is 0 Å². The van der Waals surface area contributed by atoms with Gasteiger partial charge in [-0.25, -0.2) is 0 Å². The van der Waals surface area contributed by atoms with E-state index in [1.165, 1.54) is 15.9 Å². The van der Waals surface area contributed by atoms with Gasteiger partial charge in [0.1, 0.15) is 6.61 Å². The SMILES string of the molecule is CC(C)(CCOC(C)(C)CCOCCN)OCC#C[Si]1(c2ccccc2)c2ccccc2C1(C)C. The molecule has 3 rings (SSSR count). The molecule has 2 N–H and O–H groups in total. The van der Waals surface area contributed by atoms with Crippen LogP contribution in [0.1, 0.15) is 59.9 Å². The zero-order valence-electron chi connectivity index (χ0n) is 22.4. The number of ether oxygens (including phenoxy) is 3. The quantitative estimate of drug-likeness (QED) is 0.276. The molecule has 0 radical (unpaired) electrons. The van der Waals surface area contributed by atoms with Gasteiger partial charge in [0.25, 0.3) is 0 Å². The highest BCUT2D eigenvalue weighted by molar-refractivity contribution is 7.13. The summed E-state index contributed by atoms with van der Waals surface area (Å²) in [6.45, 7) is 16.0. The van der Waals surface area contributed by atoms with Crippen LogP contribution in [-0.4, -0.2) is 52.2 Å². The first-order valence-corrected chi connectivity index (χ1v) is 14.8. The van der Waals surface area contributed by atoms with Crippen molar-refractivity contribution in [3.63, 3.8) is 0 Å². The largest absolute Gasteiger partial charge is 0.380 e. The van der Waals surface area contributed by atoms with Gasteiger partial charge in [0, 0.05) is 18.2 Å². The molecule has 1 heterocycles. The fourth-order valence-electron chi connectivity index (χ4n) is 4.95. The van der Waals surface area contributed by atoms with Crippen molar-refractivity contribution in [2.45, 2.75) is 70.6 Å². The Bertz CT molecular complexity index is 1020. The van der Waals surface area contributed by atoms with E-state index in [1.54, 1.807) is 0 Å². The monoisotopic (exact) mass is 493 g/mol. The second kappa shape index (κ2) is 11.4. The first kappa shape index (κ1) is 27.6. The molecule has 0 aromatic heterocycles. The molecule has 35 heavy (non-hydrogen) atoms. The normalized spacial score (nSPS) is 18.8. The van der Waals surface area contributed by atoms with Gasteiger partial charge >= 0.3 is 0 Å². The Morgan fingerprint density at radius 1 is 0.829 bits per heavy atom. The number of nitrogens with two attached hydrogens (primary N) is 1. The summed E-state index contributed by atoms with van der Waals surface area (Å²) in [4.78, 5) is 0. The van der Waals surface area contributed by atoms with Crippen molar-refractivity contribution < 1.29 is 14.2 Å². The minimum atomic E-state index is -2.22. The third kappa shape index (κ3) is 6.25. The summed E-state index contributed by atoms with van der Waals surface area (Å²) >= 11 is 0. The molecule has 0 spiro atoms. The van der Waals surface area contributed by atoms with Crippen LogP contribution < -0.4 is 16.1 Å². The Morgan fingerprint density at radius 3 is 2.17 bits per heavy atom. The molecular weight excluding hydrogens is 450 g/mol. The van der Waals surface area contributed by atoms with Crippen LogP contribution in [0.2, 0.25) is 0 Å². The van der Waals surface area contributed by atoms with E-state index in [9.17, 15) is 0 Å². The smallest absolute Gasteiger partial charge is 0.209 e. The lowest BCUT2D eigenvalue weighted by atomic mass is 10.00. The lowest BCUT2D eigenvalue weighted by Gasteiger charge is -2.53. The summed E-state index contributed by atoms with van der Waals surface area (Å²) < 4.78 is 17.9. The highest BCUT2D eigenvalue weighted by Crippen LogP contribution is 2.41. The molecule has 0 bridgehead atoms. The third-order valence-corrected chi connectivity index (χ3v) is 12.4. The second-order valence-electron chi connectivity index (χ2n) is 11.1. The predicted molar refractivity (Wildman–Crippen MR) is 148 cm³/mol. The van der Waals surface area contributed by atoms with Gasteiger partial charge in [-0.2, -0.15) is 0 Å². The minimum Gasteiger partial charge on any atom is -0.380 e. The molecule has 1 aliphatic rings. The third-order valence-electron chi connectivity index (χ3n) is 7.27. The van der Waals surface area contributed by atoms with Crippen LogP contribution in [0.25, 0.3) is 0 Å². The predicted octanol–water partition coefficient (Wildman–Crippen LogP) is 3.97. The lowest BCUT2D eigenvalue weighted by molar-refractivity contribution is -0.0744. The molecule has 1 atom stereocenters. The van der Waals surface area contributed by atoms with Gasteiger partial charge in [0.05, 0.1) is 24.4 Å². The van der Waals surface area contributed by atoms with Crippen molar-refractivity contribution >= 4 is 18.4 Å². The molecule has 190 valence electrons. The highest BCUT2D eigenvalue weighted by atomic mass is 28.3. The second-order valence-corrected chi connectivity index (χ2v) is 15.3. The fourth-order valence-corrected chi connectivity index (χ4v) is 9.86. The van der Waals surface area contributed by atoms with Gasteiger partial charge < -0.3 is 19.9 Å². The fraction of sp³-hybridized carbons (Fsp3) is 0.533. The molecule has 4 nitrogen and oxygen atoms in total. The zero-order valence-corrected chi connectivity index (χ0v) is 23.4. The highest BCUT2D eigenvalue weighted by Gasteiger charge is 2.60. The Balaban J connectivity index is 1.62. The van der Waals surface area contributed by atoms with E-state index in [0.717, 1.165) is 12.8 Å². The van der Waals surface area contributed by atoms with Crippen LogP contribution in [0, 0.1) is 11.5 Å². The maximum Gasteiger partial charge on any atom is 0.209 e. The summed E-state index contributed by atoms with van der Waals surface area (Å²) in [5.41, 5.74) is 10.2. The molecule has 5 heteroatoms. The number of hydrogen-bond acceptors (Lipinski definition) is 4. The van der Waals surface area contributed by atoms with Crippen molar-refractivity contribution in [2.75, 3.05) is 33.0 Å². The van der Waals surface area contributed by atoms with Crippen LogP contribution in [0.15, 0.2) is 54.6 Å². The van der Waals surface area contributed by atoms with E-state index in [-0.39, 0.29) is 16.2 Å². The topological polar surface area (TPSA) is 53.7 Å². The molecule has 0 aliphatic carbocycles. The zero-order chi connectivity index (χ0) is 25.6. The summed E-state index contributed by atoms with van der Waals surface area (Å²) in [6.07, 6.45) is 1.64. The van der Waals surface area contributed by atoms with Gasteiger partial charge in [0.15, 0.2) is 0 Å². The van der Waals surface area contributed by atoms with Crippen molar-refractivity contribution in [3.05, 3.63) is 60.2 Å². The van der Waals surface area contributed by atoms with Crippen LogP contribution in [0.5, 0.6) is 0 Å². The maximum atomic E-state index is 6.24. The molecule has 0 saturated carbocycles. The van der Waals surface area contributed by atoms with Gasteiger partial charge in [0.2, 0.25) is 8.07 Å². The average molecular weight is 494 g/mol. The Labute approximate surface area is 213 Å². The van der Waals surface area contributed by atoms with Crippen molar-refractivity contribution in [3.8, 4) is 11.5 Å². The maximum absolute atomic E-state index is 6.24. The van der Waals surface area contributed by atoms with Gasteiger partial charge in [-0.3, -0.25) is 0 Å². The number of benzene rings is 2. The Morgan fingerprint density at radius 2 is 1.46 bits per heavy atom. The van der Waals surface area contributed by atoms with Crippen molar-refractivity contribution in [1.82, 2.24) is 0 Å². The molecule has 0 amide bonds. The van der Waals surface area contributed by atoms with E-state index in [4.69, 9.17) is 19.9 Å². The van der Waals surface area contributed by atoms with Crippen LogP contribution >= 0.6 is 0 Å². The molecule has 1 unspecified atom stereocenters. The molecule has 0 fully saturated rings. The number of hydrogen-bond donors (Lipinski definition) is 1. The summed E-state index contributed by atoms with van der Waals surface area (Å²) in [6, 6.07) is 19.7. The van der Waals surface area contributed by atoms with E-state index in [0.29, 0.717) is 33.0 Å². The first-order chi connectivity index (χ1) is 16.6. The van der Waals surface area contributed by atoms with E-state index >= 15 is 0 Å². The lowest BCUT2D eigenvalue weighted by Crippen LogP contribution is -2.78. The van der Waals surface area contributed by atoms with Crippen molar-refractivity contribution in [2.24, 2.45) is 5.73 Å². The minimum absolute atomic E-state index is 0.0563. The Hall–Kier alpha value is -1.94. The average Bonchev–Trinajstić information content (AvgIpc) is 2.82. The van der Waals surface area contributed by atoms with Crippen LogP contribution in [-0.2, 0) is 19.2 Å². The first-order valence-electron chi connectivity index (χ1n) is 12.8. The summed E-state index contributed by atoms with van der Waals surface area (Å²) in [5, 5.41) is 2.87. The van der Waals surface area contributed by atoms with Crippen molar-refractivity contribution in [1.29, 1.82) is 0 Å². The van der Waals surface area contributed by atoms with E-state index in [2.05, 4.69) is 108 Å². The van der Waals surface area contributed by atoms with Crippen LogP contribution in [0.4, 0.5) is 0 Å². The Kier molecular flexibility index (Phi) is 9.01. The molecular formula is C30H43NO3Si. The molecule has 2 aromatic rings. The summed E-state index contributed by atoms with van der Waals surface area (Å²) in [7, 11) is -2.22. The standard InChI is InChI=1S/C30H43NO3Si/c1-28(2,17-21-32-23-19-31)34-22-18-29(3,4)33-20-12-24-35(25-13-8-7-9-14-25)27-16-11-10-15-26(27)30(35,5)6/h7-11,13-16H,17-23,31H2,1-6H3.